The molecule has 0 bridgehead atoms. The largest absolute Gasteiger partial charge is 0.306 e. The fraction of sp³-hybridized carbons (Fsp3) is 0.600. The number of benzene rings is 1. The Labute approximate surface area is 99.5 Å². The third kappa shape index (κ3) is 2.01. The minimum atomic E-state index is 0.410. The summed E-state index contributed by atoms with van der Waals surface area (Å²) in [5, 5.41) is 0. The molecule has 1 aromatic rings. The van der Waals surface area contributed by atoms with Crippen molar-refractivity contribution in [3.05, 3.63) is 35.9 Å². The van der Waals surface area contributed by atoms with Crippen molar-refractivity contribution in [2.24, 2.45) is 5.92 Å². The van der Waals surface area contributed by atoms with E-state index >= 15 is 0 Å². The van der Waals surface area contributed by atoms with Crippen molar-refractivity contribution in [2.45, 2.75) is 32.1 Å². The topological polar surface area (TPSA) is 3.24 Å². The van der Waals surface area contributed by atoms with Gasteiger partial charge in [0.1, 0.15) is 0 Å². The Bertz CT molecular complexity index is 321. The average molecular weight is 217 g/mol. The van der Waals surface area contributed by atoms with Crippen LogP contribution in [0.4, 0.5) is 0 Å². The molecular formula is C15H23N. The van der Waals surface area contributed by atoms with E-state index in [1.165, 1.54) is 31.5 Å². The maximum Gasteiger partial charge on any atom is 0.0000262 e. The van der Waals surface area contributed by atoms with Crippen LogP contribution in [0.3, 0.4) is 0 Å². The van der Waals surface area contributed by atoms with Crippen LogP contribution in [-0.4, -0.2) is 25.0 Å². The number of rotatable bonds is 2. The minimum Gasteiger partial charge on any atom is -0.306 e. The third-order valence-corrected chi connectivity index (χ3v) is 4.33. The zero-order valence-corrected chi connectivity index (χ0v) is 10.7. The van der Waals surface area contributed by atoms with Crippen molar-refractivity contribution in [2.75, 3.05) is 20.1 Å². The molecule has 0 amide bonds. The van der Waals surface area contributed by atoms with Gasteiger partial charge in [-0.15, -0.1) is 0 Å². The molecule has 0 radical (unpaired) electrons. The first-order valence-electron chi connectivity index (χ1n) is 6.39. The summed E-state index contributed by atoms with van der Waals surface area (Å²) in [5.41, 5.74) is 1.95. The molecule has 0 aliphatic carbocycles. The van der Waals surface area contributed by atoms with Crippen LogP contribution in [0, 0.1) is 5.92 Å². The van der Waals surface area contributed by atoms with Gasteiger partial charge in [0.25, 0.3) is 0 Å². The highest BCUT2D eigenvalue weighted by Crippen LogP contribution is 2.41. The number of piperidine rings is 1. The standard InChI is InChI=1S/C15H23N/c1-13(2)15(9-11-16(3)12-10-15)14-7-5-4-6-8-14/h4-8,13H,9-12H2,1-3H3. The zero-order chi connectivity index (χ0) is 11.6. The molecular weight excluding hydrogens is 194 g/mol. The van der Waals surface area contributed by atoms with E-state index in [1.54, 1.807) is 0 Å². The number of hydrogen-bond acceptors (Lipinski definition) is 1. The van der Waals surface area contributed by atoms with Gasteiger partial charge in [-0.3, -0.25) is 0 Å². The molecule has 1 aliphatic heterocycles. The lowest BCUT2D eigenvalue weighted by Gasteiger charge is -2.44. The average Bonchev–Trinajstić information content (AvgIpc) is 2.31. The second-order valence-corrected chi connectivity index (χ2v) is 5.48. The van der Waals surface area contributed by atoms with Crippen LogP contribution in [0.2, 0.25) is 0 Å². The molecule has 0 spiro atoms. The summed E-state index contributed by atoms with van der Waals surface area (Å²) in [6.07, 6.45) is 2.59. The van der Waals surface area contributed by atoms with Crippen LogP contribution < -0.4 is 0 Å². The highest BCUT2D eigenvalue weighted by Gasteiger charge is 2.37. The maximum atomic E-state index is 2.45. The van der Waals surface area contributed by atoms with E-state index in [0.29, 0.717) is 5.41 Å². The fourth-order valence-corrected chi connectivity index (χ4v) is 2.99. The second kappa shape index (κ2) is 4.58. The Hall–Kier alpha value is -0.820. The van der Waals surface area contributed by atoms with Crippen LogP contribution in [0.25, 0.3) is 0 Å². The first-order chi connectivity index (χ1) is 7.65. The highest BCUT2D eigenvalue weighted by molar-refractivity contribution is 5.27. The van der Waals surface area contributed by atoms with Crippen LogP contribution in [0.1, 0.15) is 32.3 Å². The van der Waals surface area contributed by atoms with Gasteiger partial charge in [-0.25, -0.2) is 0 Å². The Morgan fingerprint density at radius 1 is 1.06 bits per heavy atom. The monoisotopic (exact) mass is 217 g/mol. The van der Waals surface area contributed by atoms with Crippen molar-refractivity contribution >= 4 is 0 Å². The highest BCUT2D eigenvalue weighted by atomic mass is 15.1. The van der Waals surface area contributed by atoms with Gasteiger partial charge in [-0.2, -0.15) is 0 Å². The zero-order valence-electron chi connectivity index (χ0n) is 10.7. The van der Waals surface area contributed by atoms with Gasteiger partial charge < -0.3 is 4.90 Å². The maximum absolute atomic E-state index is 2.45. The van der Waals surface area contributed by atoms with E-state index in [2.05, 4.69) is 56.1 Å². The molecule has 0 N–H and O–H groups in total. The van der Waals surface area contributed by atoms with Crippen LogP contribution >= 0.6 is 0 Å². The summed E-state index contributed by atoms with van der Waals surface area (Å²) in [6.45, 7) is 7.21. The van der Waals surface area contributed by atoms with Crippen LogP contribution in [0.5, 0.6) is 0 Å². The lowest BCUT2D eigenvalue weighted by molar-refractivity contribution is 0.146. The summed E-state index contributed by atoms with van der Waals surface area (Å²) in [7, 11) is 2.23. The van der Waals surface area contributed by atoms with Crippen LogP contribution in [-0.2, 0) is 5.41 Å². The summed E-state index contributed by atoms with van der Waals surface area (Å²) in [6, 6.07) is 11.1. The molecule has 0 atom stereocenters. The van der Waals surface area contributed by atoms with Gasteiger partial charge in [0, 0.05) is 5.41 Å². The van der Waals surface area contributed by atoms with Crippen molar-refractivity contribution in [1.29, 1.82) is 0 Å². The number of hydrogen-bond donors (Lipinski definition) is 0. The van der Waals surface area contributed by atoms with Gasteiger partial charge in [0.2, 0.25) is 0 Å². The molecule has 1 heterocycles. The molecule has 1 fully saturated rings. The van der Waals surface area contributed by atoms with E-state index < -0.39 is 0 Å². The van der Waals surface area contributed by atoms with E-state index in [9.17, 15) is 0 Å². The molecule has 1 heteroatoms. The molecule has 0 aromatic heterocycles. The Morgan fingerprint density at radius 2 is 1.62 bits per heavy atom. The van der Waals surface area contributed by atoms with Gasteiger partial charge in [0.05, 0.1) is 0 Å². The predicted molar refractivity (Wildman–Crippen MR) is 69.7 cm³/mol. The lowest BCUT2D eigenvalue weighted by Crippen LogP contribution is -2.44. The molecule has 1 aromatic carbocycles. The molecule has 2 rings (SSSR count). The fourth-order valence-electron chi connectivity index (χ4n) is 2.99. The third-order valence-electron chi connectivity index (χ3n) is 4.33. The van der Waals surface area contributed by atoms with Gasteiger partial charge >= 0.3 is 0 Å². The smallest absolute Gasteiger partial charge is 0.0000262 e. The minimum absolute atomic E-state index is 0.410. The summed E-state index contributed by atoms with van der Waals surface area (Å²) in [5.74, 6) is 0.726. The van der Waals surface area contributed by atoms with Crippen molar-refractivity contribution < 1.29 is 0 Å². The van der Waals surface area contributed by atoms with Gasteiger partial charge in [0.15, 0.2) is 0 Å². The van der Waals surface area contributed by atoms with Gasteiger partial charge in [-0.1, -0.05) is 44.2 Å². The first-order valence-corrected chi connectivity index (χ1v) is 6.39. The normalized spacial score (nSPS) is 21.2. The van der Waals surface area contributed by atoms with E-state index in [0.717, 1.165) is 5.92 Å². The van der Waals surface area contributed by atoms with E-state index in [4.69, 9.17) is 0 Å². The molecule has 16 heavy (non-hydrogen) atoms. The lowest BCUT2D eigenvalue weighted by atomic mass is 9.66. The van der Waals surface area contributed by atoms with E-state index in [-0.39, 0.29) is 0 Å². The molecule has 1 aliphatic rings. The van der Waals surface area contributed by atoms with E-state index in [1.807, 2.05) is 0 Å². The second-order valence-electron chi connectivity index (χ2n) is 5.48. The molecule has 0 unspecified atom stereocenters. The first kappa shape index (κ1) is 11.7. The molecule has 88 valence electrons. The Morgan fingerprint density at radius 3 is 2.12 bits per heavy atom. The molecule has 0 saturated carbocycles. The quantitative estimate of drug-likeness (QED) is 0.734. The summed E-state index contributed by atoms with van der Waals surface area (Å²) in [4.78, 5) is 2.45. The predicted octanol–water partition coefficient (Wildman–Crippen LogP) is 3.31. The summed E-state index contributed by atoms with van der Waals surface area (Å²) >= 11 is 0. The number of nitrogens with zero attached hydrogens (tertiary/aromatic N) is 1. The Balaban J connectivity index is 2.30. The molecule has 1 saturated heterocycles. The van der Waals surface area contributed by atoms with Crippen LogP contribution in [0.15, 0.2) is 30.3 Å². The SMILES string of the molecule is CC(C)C1(c2ccccc2)CCN(C)CC1. The van der Waals surface area contributed by atoms with Gasteiger partial charge in [-0.05, 0) is 44.5 Å². The summed E-state index contributed by atoms with van der Waals surface area (Å²) < 4.78 is 0. The van der Waals surface area contributed by atoms with Crippen molar-refractivity contribution in [3.8, 4) is 0 Å². The number of likely N-dealkylation sites (tertiary alicyclic amines) is 1. The van der Waals surface area contributed by atoms with Crippen molar-refractivity contribution in [1.82, 2.24) is 4.90 Å². The molecule has 1 nitrogen and oxygen atoms in total. The Kier molecular flexibility index (Phi) is 3.34. The van der Waals surface area contributed by atoms with Crippen molar-refractivity contribution in [3.63, 3.8) is 0 Å².